The Kier molecular flexibility index (Phi) is 5.29. The molecule has 2 aromatic carbocycles. The van der Waals surface area contributed by atoms with E-state index in [0.717, 1.165) is 24.3 Å². The second kappa shape index (κ2) is 7.67. The monoisotopic (exact) mass is 475 g/mol. The highest BCUT2D eigenvalue weighted by Crippen LogP contribution is 2.62. The maximum Gasteiger partial charge on any atom is 0.416 e. The molecule has 0 saturated heterocycles. The van der Waals surface area contributed by atoms with Crippen molar-refractivity contribution in [2.24, 2.45) is 22.4 Å². The Bertz CT molecular complexity index is 1300. The van der Waals surface area contributed by atoms with E-state index in [0.29, 0.717) is 22.6 Å². The Morgan fingerprint density at radius 2 is 1.35 bits per heavy atom. The van der Waals surface area contributed by atoms with Gasteiger partial charge in [0, 0.05) is 22.1 Å². The maximum atomic E-state index is 13.0. The Hall–Kier alpha value is -3.70. The summed E-state index contributed by atoms with van der Waals surface area (Å²) in [4.78, 5) is 0. The molecule has 1 heterocycles. The molecule has 1 aliphatic heterocycles. The van der Waals surface area contributed by atoms with E-state index in [9.17, 15) is 31.6 Å². The molecule has 4 nitrogen and oxygen atoms in total. The number of allylic oxidation sites excluding steroid dienone is 1. The van der Waals surface area contributed by atoms with Crippen molar-refractivity contribution in [2.45, 2.75) is 26.2 Å². The summed E-state index contributed by atoms with van der Waals surface area (Å²) in [6, 6.07) is 10.7. The molecule has 2 aliphatic rings. The van der Waals surface area contributed by atoms with E-state index in [-0.39, 0.29) is 17.5 Å². The lowest BCUT2D eigenvalue weighted by Gasteiger charge is -2.13. The lowest BCUT2D eigenvalue weighted by Crippen LogP contribution is -2.28. The number of hydrazone groups is 1. The molecule has 1 N–H and O–H groups in total. The molecular weight excluding hydrogens is 458 g/mol. The van der Waals surface area contributed by atoms with Crippen molar-refractivity contribution in [3.05, 3.63) is 76.5 Å². The van der Waals surface area contributed by atoms with E-state index < -0.39 is 28.9 Å². The van der Waals surface area contributed by atoms with Gasteiger partial charge in [0.2, 0.25) is 5.71 Å². The molecule has 0 aromatic heterocycles. The predicted octanol–water partition coefficient (Wildman–Crippen LogP) is 5.87. The van der Waals surface area contributed by atoms with Crippen LogP contribution in [0, 0.1) is 34.0 Å². The predicted molar refractivity (Wildman–Crippen MR) is 111 cm³/mol. The van der Waals surface area contributed by atoms with Gasteiger partial charge in [0.15, 0.2) is 6.07 Å². The minimum atomic E-state index is -4.52. The number of fused-ring (bicyclic) bond motifs is 1. The van der Waals surface area contributed by atoms with Gasteiger partial charge < -0.3 is 0 Å². The molecule has 174 valence electrons. The number of rotatable bonds is 3. The smallest absolute Gasteiger partial charge is 0.252 e. The van der Waals surface area contributed by atoms with E-state index in [1.54, 1.807) is 0 Å². The maximum absolute atomic E-state index is 13.0. The van der Waals surface area contributed by atoms with Crippen LogP contribution in [-0.2, 0) is 12.4 Å². The topological polar surface area (TPSA) is 63.0 Å². The fourth-order valence-electron chi connectivity index (χ4n) is 4.51. The number of hydrogen-bond acceptors (Lipinski definition) is 3. The molecule has 0 unspecified atom stereocenters. The number of nitrogens with zero attached hydrogens (tertiary/aromatic N) is 3. The SMILES string of the molecule is CC1(C)[C@@H]2C(c3ccc(C(F)(F)F)cc3)=[N+](C(=C=N)C#N)N=C(c3ccc(C(F)(F)F)cc3)[C@@H]21. The van der Waals surface area contributed by atoms with Crippen molar-refractivity contribution in [3.63, 3.8) is 0 Å². The molecule has 0 spiro atoms. The number of halogens is 6. The lowest BCUT2D eigenvalue weighted by atomic mass is 9.97. The van der Waals surface area contributed by atoms with Crippen molar-refractivity contribution in [1.29, 1.82) is 10.7 Å². The third kappa shape index (κ3) is 3.82. The van der Waals surface area contributed by atoms with Crippen LogP contribution in [-0.4, -0.2) is 22.0 Å². The second-order valence-electron chi connectivity index (χ2n) is 8.69. The Morgan fingerprint density at radius 1 is 0.882 bits per heavy atom. The first-order chi connectivity index (χ1) is 15.8. The normalized spacial score (nSPS) is 21.2. The van der Waals surface area contributed by atoms with Crippen LogP contribution in [0.15, 0.2) is 59.3 Å². The number of benzene rings is 2. The van der Waals surface area contributed by atoms with Crippen molar-refractivity contribution < 1.29 is 31.0 Å². The number of nitriles is 1. The van der Waals surface area contributed by atoms with E-state index in [1.165, 1.54) is 28.9 Å². The Labute approximate surface area is 190 Å². The molecule has 2 aromatic rings. The van der Waals surface area contributed by atoms with Crippen LogP contribution in [0.2, 0.25) is 0 Å². The third-order valence-corrected chi connectivity index (χ3v) is 6.30. The quantitative estimate of drug-likeness (QED) is 0.257. The van der Waals surface area contributed by atoms with Gasteiger partial charge in [0.05, 0.1) is 22.9 Å². The summed E-state index contributed by atoms with van der Waals surface area (Å²) < 4.78 is 79.2. The first-order valence-electron chi connectivity index (χ1n) is 10.1. The van der Waals surface area contributed by atoms with E-state index in [1.807, 2.05) is 25.8 Å². The average Bonchev–Trinajstić information content (AvgIpc) is 3.35. The Balaban J connectivity index is 1.90. The largest absolute Gasteiger partial charge is 0.416 e. The molecular formula is C24H17F6N4+. The Morgan fingerprint density at radius 3 is 1.76 bits per heavy atom. The third-order valence-electron chi connectivity index (χ3n) is 6.30. The molecule has 4 rings (SSSR count). The average molecular weight is 475 g/mol. The minimum absolute atomic E-state index is 0.247. The molecule has 2 atom stereocenters. The van der Waals surface area contributed by atoms with Crippen molar-refractivity contribution >= 4 is 17.3 Å². The highest BCUT2D eigenvalue weighted by Gasteiger charge is 2.68. The van der Waals surface area contributed by atoms with Gasteiger partial charge in [-0.1, -0.05) is 26.0 Å². The van der Waals surface area contributed by atoms with Crippen LogP contribution in [0.5, 0.6) is 0 Å². The van der Waals surface area contributed by atoms with Crippen LogP contribution in [0.25, 0.3) is 0 Å². The summed E-state index contributed by atoms with van der Waals surface area (Å²) in [5, 5.41) is 21.5. The number of alkyl halides is 6. The zero-order valence-electron chi connectivity index (χ0n) is 17.9. The van der Waals surface area contributed by atoms with Gasteiger partial charge >= 0.3 is 18.0 Å². The molecule has 0 bridgehead atoms. The van der Waals surface area contributed by atoms with Gasteiger partial charge in [0.1, 0.15) is 5.71 Å². The molecule has 1 aliphatic carbocycles. The van der Waals surface area contributed by atoms with Gasteiger partial charge in [0.25, 0.3) is 0 Å². The number of hydrogen-bond donors (Lipinski definition) is 1. The van der Waals surface area contributed by atoms with Gasteiger partial charge in [-0.3, -0.25) is 5.41 Å². The van der Waals surface area contributed by atoms with Crippen LogP contribution in [0.1, 0.15) is 36.1 Å². The number of nitrogens with one attached hydrogen (secondary N) is 1. The van der Waals surface area contributed by atoms with Gasteiger partial charge in [-0.25, -0.2) is 0 Å². The summed E-state index contributed by atoms with van der Waals surface area (Å²) in [7, 11) is 0. The van der Waals surface area contributed by atoms with E-state index >= 15 is 0 Å². The second-order valence-corrected chi connectivity index (χ2v) is 8.69. The fraction of sp³-hybridized carbons (Fsp3) is 0.292. The summed E-state index contributed by atoms with van der Waals surface area (Å²) in [5.74, 6) is 1.46. The molecule has 34 heavy (non-hydrogen) atoms. The van der Waals surface area contributed by atoms with Crippen molar-refractivity contribution in [2.75, 3.05) is 0 Å². The summed E-state index contributed by atoms with van der Waals surface area (Å²) >= 11 is 0. The molecule has 1 fully saturated rings. The van der Waals surface area contributed by atoms with Crippen LogP contribution >= 0.6 is 0 Å². The zero-order valence-corrected chi connectivity index (χ0v) is 17.9. The highest BCUT2D eigenvalue weighted by molar-refractivity contribution is 6.13. The fourth-order valence-corrected chi connectivity index (χ4v) is 4.51. The molecule has 0 amide bonds. The molecule has 0 radical (unpaired) electrons. The van der Waals surface area contributed by atoms with Gasteiger partial charge in [-0.05, 0) is 46.5 Å². The summed E-state index contributed by atoms with van der Waals surface area (Å²) in [5.41, 5.74) is -0.692. The van der Waals surface area contributed by atoms with Crippen molar-refractivity contribution in [3.8, 4) is 6.07 Å². The van der Waals surface area contributed by atoms with Gasteiger partial charge in [-0.15, -0.1) is 0 Å². The van der Waals surface area contributed by atoms with Crippen LogP contribution < -0.4 is 0 Å². The van der Waals surface area contributed by atoms with Crippen LogP contribution in [0.3, 0.4) is 0 Å². The first kappa shape index (κ1) is 23.5. The minimum Gasteiger partial charge on any atom is -0.252 e. The van der Waals surface area contributed by atoms with E-state index in [2.05, 4.69) is 5.10 Å². The van der Waals surface area contributed by atoms with Gasteiger partial charge in [-0.2, -0.15) is 31.6 Å². The van der Waals surface area contributed by atoms with E-state index in [4.69, 9.17) is 5.41 Å². The standard InChI is InChI=1S/C24H17F6N4/c1-22(2)18-19(22)21(14-5-9-16(10-6-14)24(28,29)30)34(17(11-31)12-32)33-20(18)13-3-7-15(8-4-13)23(25,26)27/h3-10,18-19,31H,1-2H3/q+1/t18-,19+/m1/s1. The summed E-state index contributed by atoms with van der Waals surface area (Å²) in [6.45, 7) is 3.82. The highest BCUT2D eigenvalue weighted by atomic mass is 19.4. The zero-order chi connectivity index (χ0) is 25.1. The first-order valence-corrected chi connectivity index (χ1v) is 10.1. The molecule has 10 heteroatoms. The lowest BCUT2D eigenvalue weighted by molar-refractivity contribution is -0.476. The molecule has 1 saturated carbocycles. The summed E-state index contributed by atoms with van der Waals surface area (Å²) in [6.07, 6.45) is -9.02. The van der Waals surface area contributed by atoms with Crippen LogP contribution in [0.4, 0.5) is 26.3 Å². The van der Waals surface area contributed by atoms with Crippen molar-refractivity contribution in [1.82, 2.24) is 0 Å².